The lowest BCUT2D eigenvalue weighted by Gasteiger charge is -2.30. The van der Waals surface area contributed by atoms with Crippen molar-refractivity contribution in [1.29, 1.82) is 0 Å². The van der Waals surface area contributed by atoms with Gasteiger partial charge in [0.05, 0.1) is 13.5 Å². The molecule has 1 heterocycles. The van der Waals surface area contributed by atoms with Gasteiger partial charge in [0, 0.05) is 29.0 Å². The van der Waals surface area contributed by atoms with E-state index in [9.17, 15) is 9.59 Å². The van der Waals surface area contributed by atoms with Crippen LogP contribution in [0.4, 0.5) is 11.4 Å². The summed E-state index contributed by atoms with van der Waals surface area (Å²) in [5, 5.41) is 0. The Bertz CT molecular complexity index is 830. The summed E-state index contributed by atoms with van der Waals surface area (Å²) in [6.07, 6.45) is 1.95. The number of methoxy groups -OCH3 is 1. The van der Waals surface area contributed by atoms with Gasteiger partial charge in [-0.15, -0.1) is 0 Å². The van der Waals surface area contributed by atoms with Crippen LogP contribution < -0.4 is 15.4 Å². The number of hydrogen-bond acceptors (Lipinski definition) is 4. The fourth-order valence-electron chi connectivity index (χ4n) is 3.30. The number of fused-ring (bicyclic) bond motifs is 1. The number of nitrogens with zero attached hydrogens (tertiary/aromatic N) is 1. The SMILES string of the molecule is COc1ccc(C(C)=O)cc1CC(=O)N1CCCc2c(N)cccc21. The first kappa shape index (κ1) is 17.0. The van der Waals surface area contributed by atoms with E-state index in [0.717, 1.165) is 35.3 Å². The first-order valence-corrected chi connectivity index (χ1v) is 8.37. The summed E-state index contributed by atoms with van der Waals surface area (Å²) in [6.45, 7) is 2.18. The van der Waals surface area contributed by atoms with Crippen molar-refractivity contribution in [1.82, 2.24) is 0 Å². The van der Waals surface area contributed by atoms with E-state index in [-0.39, 0.29) is 18.1 Å². The molecule has 0 aromatic heterocycles. The molecule has 0 saturated heterocycles. The van der Waals surface area contributed by atoms with Crippen LogP contribution in [0.25, 0.3) is 0 Å². The summed E-state index contributed by atoms with van der Waals surface area (Å²) in [4.78, 5) is 26.4. The minimum Gasteiger partial charge on any atom is -0.496 e. The summed E-state index contributed by atoms with van der Waals surface area (Å²) >= 11 is 0. The van der Waals surface area contributed by atoms with E-state index in [1.165, 1.54) is 6.92 Å². The van der Waals surface area contributed by atoms with Gasteiger partial charge in [-0.2, -0.15) is 0 Å². The quantitative estimate of drug-likeness (QED) is 0.687. The second-order valence-electron chi connectivity index (χ2n) is 6.25. The van der Waals surface area contributed by atoms with Crippen molar-refractivity contribution < 1.29 is 14.3 Å². The number of anilines is 2. The van der Waals surface area contributed by atoms with E-state index in [2.05, 4.69) is 0 Å². The maximum absolute atomic E-state index is 12.9. The van der Waals surface area contributed by atoms with Gasteiger partial charge in [0.2, 0.25) is 5.91 Å². The lowest BCUT2D eigenvalue weighted by molar-refractivity contribution is -0.118. The molecule has 0 aliphatic carbocycles. The van der Waals surface area contributed by atoms with E-state index in [1.807, 2.05) is 18.2 Å². The number of ketones is 1. The van der Waals surface area contributed by atoms with Crippen LogP contribution in [-0.4, -0.2) is 25.3 Å². The fourth-order valence-corrected chi connectivity index (χ4v) is 3.30. The molecule has 3 rings (SSSR count). The molecule has 0 unspecified atom stereocenters. The number of Topliss-reactive ketones (excluding diaryl/α,β-unsaturated/α-hetero) is 1. The number of nitrogens with two attached hydrogens (primary N) is 1. The van der Waals surface area contributed by atoms with Crippen LogP contribution >= 0.6 is 0 Å². The molecule has 1 amide bonds. The van der Waals surface area contributed by atoms with Gasteiger partial charge in [-0.25, -0.2) is 0 Å². The third-order valence-electron chi connectivity index (χ3n) is 4.62. The number of hydrogen-bond donors (Lipinski definition) is 1. The van der Waals surface area contributed by atoms with Crippen LogP contribution in [0.15, 0.2) is 36.4 Å². The summed E-state index contributed by atoms with van der Waals surface area (Å²) < 4.78 is 5.35. The normalized spacial score (nSPS) is 13.3. The summed E-state index contributed by atoms with van der Waals surface area (Å²) in [6, 6.07) is 10.9. The Morgan fingerprint density at radius 1 is 1.24 bits per heavy atom. The van der Waals surface area contributed by atoms with Gasteiger partial charge in [-0.05, 0) is 55.7 Å². The Morgan fingerprint density at radius 3 is 2.76 bits per heavy atom. The van der Waals surface area contributed by atoms with Crippen molar-refractivity contribution in [2.24, 2.45) is 0 Å². The number of carbonyl (C=O) groups is 2. The molecule has 0 spiro atoms. The Labute approximate surface area is 147 Å². The van der Waals surface area contributed by atoms with Crippen LogP contribution in [0.2, 0.25) is 0 Å². The Balaban J connectivity index is 1.90. The average Bonchev–Trinajstić information content (AvgIpc) is 2.61. The molecule has 1 aliphatic rings. The molecule has 2 aromatic rings. The van der Waals surface area contributed by atoms with Crippen LogP contribution in [-0.2, 0) is 17.6 Å². The standard InChI is InChI=1S/C20H22N2O3/c1-13(23)14-8-9-19(25-2)15(11-14)12-20(24)22-10-4-5-16-17(21)6-3-7-18(16)22/h3,6-9,11H,4-5,10,12,21H2,1-2H3. The number of rotatable bonds is 4. The summed E-state index contributed by atoms with van der Waals surface area (Å²) in [5.41, 5.74) is 10.0. The molecular weight excluding hydrogens is 316 g/mol. The highest BCUT2D eigenvalue weighted by Crippen LogP contribution is 2.32. The van der Waals surface area contributed by atoms with E-state index < -0.39 is 0 Å². The number of benzene rings is 2. The largest absolute Gasteiger partial charge is 0.496 e. The molecule has 25 heavy (non-hydrogen) atoms. The van der Waals surface area contributed by atoms with Crippen molar-refractivity contribution in [3.8, 4) is 5.75 Å². The lowest BCUT2D eigenvalue weighted by atomic mass is 9.98. The first-order valence-electron chi connectivity index (χ1n) is 8.37. The molecule has 1 aliphatic heterocycles. The number of ether oxygens (including phenoxy) is 1. The molecule has 2 aromatic carbocycles. The zero-order valence-corrected chi connectivity index (χ0v) is 14.5. The van der Waals surface area contributed by atoms with Gasteiger partial charge in [0.1, 0.15) is 5.75 Å². The third-order valence-corrected chi connectivity index (χ3v) is 4.62. The molecule has 5 heteroatoms. The van der Waals surface area contributed by atoms with Crippen LogP contribution in [0, 0.1) is 0 Å². The molecule has 5 nitrogen and oxygen atoms in total. The predicted octanol–water partition coefficient (Wildman–Crippen LogP) is 3.00. The van der Waals surface area contributed by atoms with Crippen LogP contribution in [0.5, 0.6) is 5.75 Å². The smallest absolute Gasteiger partial charge is 0.231 e. The molecule has 2 N–H and O–H groups in total. The lowest BCUT2D eigenvalue weighted by Crippen LogP contribution is -2.36. The highest BCUT2D eigenvalue weighted by atomic mass is 16.5. The fraction of sp³-hybridized carbons (Fsp3) is 0.300. The van der Waals surface area contributed by atoms with E-state index >= 15 is 0 Å². The summed E-state index contributed by atoms with van der Waals surface area (Å²) in [7, 11) is 1.56. The molecule has 130 valence electrons. The predicted molar refractivity (Wildman–Crippen MR) is 98.2 cm³/mol. The van der Waals surface area contributed by atoms with Crippen LogP contribution in [0.3, 0.4) is 0 Å². The summed E-state index contributed by atoms with van der Waals surface area (Å²) in [5.74, 6) is 0.557. The minimum atomic E-state index is -0.0348. The Hall–Kier alpha value is -2.82. The second kappa shape index (κ2) is 6.97. The van der Waals surface area contributed by atoms with Gasteiger partial charge < -0.3 is 15.4 Å². The van der Waals surface area contributed by atoms with E-state index in [0.29, 0.717) is 17.9 Å². The van der Waals surface area contributed by atoms with E-state index in [4.69, 9.17) is 10.5 Å². The van der Waals surface area contributed by atoms with Gasteiger partial charge in [-0.1, -0.05) is 6.07 Å². The van der Waals surface area contributed by atoms with Crippen molar-refractivity contribution in [2.75, 3.05) is 24.3 Å². The van der Waals surface area contributed by atoms with Crippen molar-refractivity contribution in [3.63, 3.8) is 0 Å². The highest BCUT2D eigenvalue weighted by molar-refractivity contribution is 5.98. The average molecular weight is 338 g/mol. The molecule has 0 saturated carbocycles. The second-order valence-corrected chi connectivity index (χ2v) is 6.25. The van der Waals surface area contributed by atoms with Crippen molar-refractivity contribution in [3.05, 3.63) is 53.1 Å². The highest BCUT2D eigenvalue weighted by Gasteiger charge is 2.24. The zero-order valence-electron chi connectivity index (χ0n) is 14.5. The maximum Gasteiger partial charge on any atom is 0.231 e. The number of amides is 1. The Kier molecular flexibility index (Phi) is 4.74. The minimum absolute atomic E-state index is 0.0226. The van der Waals surface area contributed by atoms with Gasteiger partial charge >= 0.3 is 0 Å². The van der Waals surface area contributed by atoms with Crippen molar-refractivity contribution in [2.45, 2.75) is 26.2 Å². The zero-order chi connectivity index (χ0) is 18.0. The van der Waals surface area contributed by atoms with Crippen molar-refractivity contribution >= 4 is 23.1 Å². The molecule has 0 fully saturated rings. The van der Waals surface area contributed by atoms with Crippen LogP contribution in [0.1, 0.15) is 34.8 Å². The number of nitrogen functional groups attached to an aromatic ring is 1. The van der Waals surface area contributed by atoms with E-state index in [1.54, 1.807) is 30.2 Å². The number of carbonyl (C=O) groups excluding carboxylic acids is 2. The monoisotopic (exact) mass is 338 g/mol. The maximum atomic E-state index is 12.9. The van der Waals surface area contributed by atoms with Gasteiger partial charge in [-0.3, -0.25) is 9.59 Å². The molecule has 0 atom stereocenters. The first-order chi connectivity index (χ1) is 12.0. The topological polar surface area (TPSA) is 72.6 Å². The molecule has 0 radical (unpaired) electrons. The molecule has 0 bridgehead atoms. The van der Waals surface area contributed by atoms with Gasteiger partial charge in [0.25, 0.3) is 0 Å². The Morgan fingerprint density at radius 2 is 2.04 bits per heavy atom. The third kappa shape index (κ3) is 3.36. The molecular formula is C20H22N2O3. The van der Waals surface area contributed by atoms with Gasteiger partial charge in [0.15, 0.2) is 5.78 Å².